The average molecular weight is 204 g/mol. The van der Waals surface area contributed by atoms with E-state index in [0.29, 0.717) is 6.04 Å². The summed E-state index contributed by atoms with van der Waals surface area (Å²) >= 11 is 0. The number of benzene rings is 1. The highest BCUT2D eigenvalue weighted by molar-refractivity contribution is 5.54. The highest BCUT2D eigenvalue weighted by Crippen LogP contribution is 2.33. The lowest BCUT2D eigenvalue weighted by molar-refractivity contribution is 0.435. The topological polar surface area (TPSA) is 38.0 Å². The zero-order valence-electron chi connectivity index (χ0n) is 9.53. The number of nitrogens with two attached hydrogens (primary N) is 1. The van der Waals surface area contributed by atoms with Crippen LogP contribution in [0.4, 0.5) is 11.4 Å². The van der Waals surface area contributed by atoms with Crippen LogP contribution in [0.15, 0.2) is 24.3 Å². The summed E-state index contributed by atoms with van der Waals surface area (Å²) in [4.78, 5) is 0. The second-order valence-corrected chi connectivity index (χ2v) is 4.79. The third-order valence-electron chi connectivity index (χ3n) is 3.70. The summed E-state index contributed by atoms with van der Waals surface area (Å²) in [6, 6.07) is 8.63. The molecule has 1 aliphatic rings. The summed E-state index contributed by atoms with van der Waals surface area (Å²) in [5.41, 5.74) is 7.74. The second kappa shape index (κ2) is 4.13. The van der Waals surface area contributed by atoms with Gasteiger partial charge in [0.15, 0.2) is 0 Å². The van der Waals surface area contributed by atoms with E-state index in [9.17, 15) is 0 Å². The molecule has 0 spiro atoms. The molecule has 3 unspecified atom stereocenters. The van der Waals surface area contributed by atoms with Crippen molar-refractivity contribution >= 4 is 11.4 Å². The van der Waals surface area contributed by atoms with Crippen molar-refractivity contribution in [1.29, 1.82) is 0 Å². The molecule has 1 saturated carbocycles. The van der Waals surface area contributed by atoms with Crippen LogP contribution in [0.25, 0.3) is 0 Å². The Morgan fingerprint density at radius 3 is 2.67 bits per heavy atom. The molecule has 1 aromatic carbocycles. The second-order valence-electron chi connectivity index (χ2n) is 4.79. The first-order valence-electron chi connectivity index (χ1n) is 5.79. The Balaban J connectivity index is 2.03. The Hall–Kier alpha value is -1.18. The third-order valence-corrected chi connectivity index (χ3v) is 3.70. The molecule has 2 rings (SSSR count). The van der Waals surface area contributed by atoms with Gasteiger partial charge < -0.3 is 11.1 Å². The molecule has 3 N–H and O–H groups in total. The number of anilines is 2. The maximum atomic E-state index is 5.75. The molecule has 0 radical (unpaired) electrons. The van der Waals surface area contributed by atoms with Crippen LogP contribution in [0.5, 0.6) is 0 Å². The summed E-state index contributed by atoms with van der Waals surface area (Å²) in [6.07, 6.45) is 2.61. The van der Waals surface area contributed by atoms with Gasteiger partial charge in [0.1, 0.15) is 0 Å². The maximum Gasteiger partial charge on any atom is 0.0363 e. The van der Waals surface area contributed by atoms with Gasteiger partial charge >= 0.3 is 0 Å². The quantitative estimate of drug-likeness (QED) is 0.726. The fourth-order valence-electron chi connectivity index (χ4n) is 2.41. The normalized spacial score (nSPS) is 30.4. The zero-order chi connectivity index (χ0) is 10.8. The van der Waals surface area contributed by atoms with E-state index in [4.69, 9.17) is 5.73 Å². The Bertz CT molecular complexity index is 335. The number of hydrogen-bond donors (Lipinski definition) is 2. The minimum Gasteiger partial charge on any atom is -0.399 e. The van der Waals surface area contributed by atoms with Gasteiger partial charge in [0.25, 0.3) is 0 Å². The first kappa shape index (κ1) is 10.3. The van der Waals surface area contributed by atoms with E-state index in [1.807, 2.05) is 18.2 Å². The summed E-state index contributed by atoms with van der Waals surface area (Å²) in [5.74, 6) is 1.59. The molecule has 1 aromatic rings. The molecule has 82 valence electrons. The molecule has 15 heavy (non-hydrogen) atoms. The van der Waals surface area contributed by atoms with E-state index in [2.05, 4.69) is 25.2 Å². The van der Waals surface area contributed by atoms with Crippen LogP contribution in [-0.2, 0) is 0 Å². The van der Waals surface area contributed by atoms with E-state index < -0.39 is 0 Å². The van der Waals surface area contributed by atoms with Gasteiger partial charge in [0.05, 0.1) is 0 Å². The van der Waals surface area contributed by atoms with Crippen LogP contribution >= 0.6 is 0 Å². The SMILES string of the molecule is CC1CCC(Nc2cccc(N)c2)C1C. The first-order chi connectivity index (χ1) is 7.16. The van der Waals surface area contributed by atoms with Crippen LogP contribution < -0.4 is 11.1 Å². The van der Waals surface area contributed by atoms with Crippen molar-refractivity contribution in [1.82, 2.24) is 0 Å². The van der Waals surface area contributed by atoms with E-state index in [1.165, 1.54) is 12.8 Å². The Morgan fingerprint density at radius 1 is 1.27 bits per heavy atom. The monoisotopic (exact) mass is 204 g/mol. The van der Waals surface area contributed by atoms with Gasteiger partial charge in [-0.2, -0.15) is 0 Å². The Labute approximate surface area is 91.9 Å². The number of nitrogens with one attached hydrogen (secondary N) is 1. The fraction of sp³-hybridized carbons (Fsp3) is 0.538. The molecule has 0 aromatic heterocycles. The van der Waals surface area contributed by atoms with Crippen molar-refractivity contribution in [2.24, 2.45) is 11.8 Å². The van der Waals surface area contributed by atoms with Crippen LogP contribution in [0.3, 0.4) is 0 Å². The van der Waals surface area contributed by atoms with Gasteiger partial charge in [-0.05, 0) is 42.9 Å². The predicted octanol–water partition coefficient (Wildman–Crippen LogP) is 3.12. The van der Waals surface area contributed by atoms with Gasteiger partial charge in [0, 0.05) is 17.4 Å². The van der Waals surface area contributed by atoms with Gasteiger partial charge in [0.2, 0.25) is 0 Å². The summed E-state index contributed by atoms with van der Waals surface area (Å²) < 4.78 is 0. The van der Waals surface area contributed by atoms with E-state index in [-0.39, 0.29) is 0 Å². The van der Waals surface area contributed by atoms with E-state index in [0.717, 1.165) is 23.2 Å². The van der Waals surface area contributed by atoms with Crippen molar-refractivity contribution < 1.29 is 0 Å². The number of nitrogen functional groups attached to an aromatic ring is 1. The lowest BCUT2D eigenvalue weighted by atomic mass is 9.97. The highest BCUT2D eigenvalue weighted by atomic mass is 14.9. The molecule has 0 heterocycles. The molecular weight excluding hydrogens is 184 g/mol. The maximum absolute atomic E-state index is 5.75. The van der Waals surface area contributed by atoms with Crippen molar-refractivity contribution in [3.05, 3.63) is 24.3 Å². The predicted molar refractivity (Wildman–Crippen MR) is 65.8 cm³/mol. The fourth-order valence-corrected chi connectivity index (χ4v) is 2.41. The first-order valence-corrected chi connectivity index (χ1v) is 5.79. The van der Waals surface area contributed by atoms with E-state index in [1.54, 1.807) is 0 Å². The molecule has 2 nitrogen and oxygen atoms in total. The number of hydrogen-bond acceptors (Lipinski definition) is 2. The van der Waals surface area contributed by atoms with Gasteiger partial charge in [-0.3, -0.25) is 0 Å². The summed E-state index contributed by atoms with van der Waals surface area (Å²) in [7, 11) is 0. The van der Waals surface area contributed by atoms with E-state index >= 15 is 0 Å². The molecule has 0 aliphatic heterocycles. The molecule has 0 bridgehead atoms. The molecule has 1 aliphatic carbocycles. The molecule has 0 saturated heterocycles. The van der Waals surface area contributed by atoms with Crippen molar-refractivity contribution in [2.75, 3.05) is 11.1 Å². The van der Waals surface area contributed by atoms with Gasteiger partial charge in [-0.15, -0.1) is 0 Å². The Kier molecular flexibility index (Phi) is 2.85. The zero-order valence-corrected chi connectivity index (χ0v) is 9.53. The molecule has 2 heteroatoms. The molecular formula is C13H20N2. The standard InChI is InChI=1S/C13H20N2/c1-9-6-7-13(10(9)2)15-12-5-3-4-11(14)8-12/h3-5,8-10,13,15H,6-7,14H2,1-2H3. The minimum absolute atomic E-state index is 0.613. The van der Waals surface area contributed by atoms with Crippen molar-refractivity contribution in [2.45, 2.75) is 32.7 Å². The molecule has 3 atom stereocenters. The minimum atomic E-state index is 0.613. The smallest absolute Gasteiger partial charge is 0.0363 e. The van der Waals surface area contributed by atoms with Crippen LogP contribution in [0, 0.1) is 11.8 Å². The largest absolute Gasteiger partial charge is 0.399 e. The lowest BCUT2D eigenvalue weighted by Crippen LogP contribution is -2.23. The molecule has 1 fully saturated rings. The van der Waals surface area contributed by atoms with Gasteiger partial charge in [-0.25, -0.2) is 0 Å². The van der Waals surface area contributed by atoms with Crippen molar-refractivity contribution in [3.63, 3.8) is 0 Å². The molecule has 0 amide bonds. The highest BCUT2D eigenvalue weighted by Gasteiger charge is 2.29. The average Bonchev–Trinajstić information content (AvgIpc) is 2.50. The van der Waals surface area contributed by atoms with Crippen molar-refractivity contribution in [3.8, 4) is 0 Å². The Morgan fingerprint density at radius 2 is 2.07 bits per heavy atom. The summed E-state index contributed by atoms with van der Waals surface area (Å²) in [6.45, 7) is 4.67. The lowest BCUT2D eigenvalue weighted by Gasteiger charge is -2.21. The number of rotatable bonds is 2. The van der Waals surface area contributed by atoms with Crippen LogP contribution in [0.1, 0.15) is 26.7 Å². The third kappa shape index (κ3) is 2.25. The van der Waals surface area contributed by atoms with Crippen LogP contribution in [-0.4, -0.2) is 6.04 Å². The summed E-state index contributed by atoms with van der Waals surface area (Å²) in [5, 5.41) is 3.58. The van der Waals surface area contributed by atoms with Crippen LogP contribution in [0.2, 0.25) is 0 Å². The van der Waals surface area contributed by atoms with Gasteiger partial charge in [-0.1, -0.05) is 19.9 Å².